The van der Waals surface area contributed by atoms with Crippen LogP contribution in [0.15, 0.2) is 0 Å². The van der Waals surface area contributed by atoms with E-state index in [9.17, 15) is 9.90 Å². The summed E-state index contributed by atoms with van der Waals surface area (Å²) in [6.45, 7) is 3.97. The summed E-state index contributed by atoms with van der Waals surface area (Å²) in [6, 6.07) is 0. The Morgan fingerprint density at radius 2 is 1.82 bits per heavy atom. The van der Waals surface area contributed by atoms with Gasteiger partial charge >= 0.3 is 0 Å². The van der Waals surface area contributed by atoms with E-state index in [2.05, 4.69) is 0 Å². The van der Waals surface area contributed by atoms with Crippen LogP contribution in [0.4, 0.5) is 0 Å². The number of carbonyl (C=O) groups excluding carboxylic acids is 1. The summed E-state index contributed by atoms with van der Waals surface area (Å²) in [5.41, 5.74) is 0. The van der Waals surface area contributed by atoms with Crippen molar-refractivity contribution in [3.05, 3.63) is 0 Å². The van der Waals surface area contributed by atoms with Gasteiger partial charge < -0.3 is 15.0 Å². The Hall–Kier alpha value is -0.410. The number of aliphatic hydroxyl groups is 2. The van der Waals surface area contributed by atoms with E-state index < -0.39 is 12.2 Å². The van der Waals surface area contributed by atoms with E-state index in [0.29, 0.717) is 18.6 Å². The van der Waals surface area contributed by atoms with Gasteiger partial charge in [0.25, 0.3) is 0 Å². The van der Waals surface area contributed by atoms with Gasteiger partial charge in [0.2, 0.25) is 0 Å². The highest BCUT2D eigenvalue weighted by atomic mass is 16.3. The van der Waals surface area contributed by atoms with E-state index in [1.54, 1.807) is 0 Å². The minimum atomic E-state index is -1.01. The summed E-state index contributed by atoms with van der Waals surface area (Å²) in [5.74, 6) is 0.392. The molecule has 2 N–H and O–H groups in total. The van der Waals surface area contributed by atoms with Crippen LogP contribution in [0.5, 0.6) is 0 Å². The normalized spacial score (nSPS) is 16.5. The van der Waals surface area contributed by atoms with Crippen LogP contribution in [0.3, 0.4) is 0 Å². The molecular weight excluding hydrogens is 144 g/mol. The molecule has 0 amide bonds. The van der Waals surface area contributed by atoms with Crippen molar-refractivity contribution in [2.45, 2.75) is 38.9 Å². The highest BCUT2D eigenvalue weighted by Crippen LogP contribution is 2.08. The molecule has 0 heterocycles. The van der Waals surface area contributed by atoms with Gasteiger partial charge in [-0.05, 0) is 12.3 Å². The molecule has 0 saturated carbocycles. The molecule has 0 aliphatic heterocycles. The maximum Gasteiger partial charge on any atom is 0.148 e. The standard InChI is InChI=1S/C8H16O3/c1-6(2)3-7(10)4-8(11)5-9/h5-8,10-11H,3-4H2,1-2H3. The average Bonchev–Trinajstić information content (AvgIpc) is 1.85. The fourth-order valence-electron chi connectivity index (χ4n) is 0.975. The van der Waals surface area contributed by atoms with E-state index >= 15 is 0 Å². The van der Waals surface area contributed by atoms with E-state index in [1.165, 1.54) is 0 Å². The Kier molecular flexibility index (Phi) is 5.07. The van der Waals surface area contributed by atoms with Crippen LogP contribution in [0.1, 0.15) is 26.7 Å². The molecule has 0 saturated heterocycles. The number of hydrogen-bond acceptors (Lipinski definition) is 3. The molecule has 0 aromatic rings. The largest absolute Gasteiger partial charge is 0.393 e. The van der Waals surface area contributed by atoms with Crippen LogP contribution in [0.2, 0.25) is 0 Å². The minimum absolute atomic E-state index is 0.154. The Labute approximate surface area is 67.0 Å². The number of carbonyl (C=O) groups is 1. The molecular formula is C8H16O3. The van der Waals surface area contributed by atoms with Gasteiger partial charge in [0, 0.05) is 6.42 Å². The first-order chi connectivity index (χ1) is 5.06. The predicted molar refractivity (Wildman–Crippen MR) is 42.1 cm³/mol. The summed E-state index contributed by atoms with van der Waals surface area (Å²) in [6.07, 6.45) is -0.338. The quantitative estimate of drug-likeness (QED) is 0.570. The third kappa shape index (κ3) is 6.01. The van der Waals surface area contributed by atoms with Gasteiger partial charge in [-0.3, -0.25) is 0 Å². The lowest BCUT2D eigenvalue weighted by Crippen LogP contribution is -2.20. The van der Waals surface area contributed by atoms with Gasteiger partial charge in [-0.15, -0.1) is 0 Å². The summed E-state index contributed by atoms with van der Waals surface area (Å²) in [5, 5.41) is 18.0. The molecule has 0 bridgehead atoms. The number of hydrogen-bond donors (Lipinski definition) is 2. The highest BCUT2D eigenvalue weighted by Gasteiger charge is 2.11. The Bertz CT molecular complexity index is 112. The molecule has 0 spiro atoms. The molecule has 66 valence electrons. The highest BCUT2D eigenvalue weighted by molar-refractivity contribution is 5.55. The number of rotatable bonds is 5. The van der Waals surface area contributed by atoms with Crippen LogP contribution < -0.4 is 0 Å². The molecule has 3 nitrogen and oxygen atoms in total. The van der Waals surface area contributed by atoms with Crippen LogP contribution in [-0.2, 0) is 4.79 Å². The summed E-state index contributed by atoms with van der Waals surface area (Å²) >= 11 is 0. The van der Waals surface area contributed by atoms with E-state index in [0.717, 1.165) is 0 Å². The Balaban J connectivity index is 3.51. The first-order valence-electron chi connectivity index (χ1n) is 3.87. The zero-order valence-electron chi connectivity index (χ0n) is 7.03. The number of aldehydes is 1. The molecule has 11 heavy (non-hydrogen) atoms. The maximum absolute atomic E-state index is 9.96. The molecule has 0 aromatic carbocycles. The van der Waals surface area contributed by atoms with Gasteiger partial charge in [-0.25, -0.2) is 0 Å². The fourth-order valence-corrected chi connectivity index (χ4v) is 0.975. The van der Waals surface area contributed by atoms with Gasteiger partial charge in [0.05, 0.1) is 6.10 Å². The molecule has 0 aromatic heterocycles. The second-order valence-electron chi connectivity index (χ2n) is 3.22. The fraction of sp³-hybridized carbons (Fsp3) is 0.875. The zero-order valence-corrected chi connectivity index (χ0v) is 7.03. The van der Waals surface area contributed by atoms with Gasteiger partial charge in [0.15, 0.2) is 0 Å². The topological polar surface area (TPSA) is 57.5 Å². The number of aliphatic hydroxyl groups excluding tert-OH is 2. The van der Waals surface area contributed by atoms with E-state index in [-0.39, 0.29) is 6.42 Å². The minimum Gasteiger partial charge on any atom is -0.393 e. The van der Waals surface area contributed by atoms with Gasteiger partial charge in [0.1, 0.15) is 12.4 Å². The van der Waals surface area contributed by atoms with Crippen LogP contribution in [0.25, 0.3) is 0 Å². The zero-order chi connectivity index (χ0) is 8.85. The molecule has 2 atom stereocenters. The SMILES string of the molecule is CC(C)CC(O)CC(O)C=O. The van der Waals surface area contributed by atoms with Crippen molar-refractivity contribution in [2.24, 2.45) is 5.92 Å². The van der Waals surface area contributed by atoms with Crippen molar-refractivity contribution in [3.63, 3.8) is 0 Å². The monoisotopic (exact) mass is 160 g/mol. The molecule has 0 radical (unpaired) electrons. The summed E-state index contributed by atoms with van der Waals surface area (Å²) in [7, 11) is 0. The van der Waals surface area contributed by atoms with Crippen molar-refractivity contribution in [1.29, 1.82) is 0 Å². The van der Waals surface area contributed by atoms with Crippen LogP contribution in [-0.4, -0.2) is 28.7 Å². The van der Waals surface area contributed by atoms with Crippen molar-refractivity contribution in [3.8, 4) is 0 Å². The maximum atomic E-state index is 9.96. The van der Waals surface area contributed by atoms with Crippen molar-refractivity contribution in [2.75, 3.05) is 0 Å². The van der Waals surface area contributed by atoms with Gasteiger partial charge in [-0.2, -0.15) is 0 Å². The third-order valence-corrected chi connectivity index (χ3v) is 1.41. The van der Waals surface area contributed by atoms with Gasteiger partial charge in [-0.1, -0.05) is 13.8 Å². The Morgan fingerprint density at radius 1 is 1.27 bits per heavy atom. The van der Waals surface area contributed by atoms with Crippen LogP contribution >= 0.6 is 0 Å². The summed E-state index contributed by atoms with van der Waals surface area (Å²) < 4.78 is 0. The van der Waals surface area contributed by atoms with E-state index in [4.69, 9.17) is 5.11 Å². The summed E-state index contributed by atoms with van der Waals surface area (Å²) in [4.78, 5) is 9.96. The van der Waals surface area contributed by atoms with Crippen molar-refractivity contribution >= 4 is 6.29 Å². The first kappa shape index (κ1) is 10.6. The molecule has 0 aliphatic rings. The van der Waals surface area contributed by atoms with Crippen molar-refractivity contribution in [1.82, 2.24) is 0 Å². The molecule has 0 fully saturated rings. The lowest BCUT2D eigenvalue weighted by atomic mass is 10.0. The molecule has 2 unspecified atom stereocenters. The second kappa shape index (κ2) is 5.27. The lowest BCUT2D eigenvalue weighted by Gasteiger charge is -2.13. The third-order valence-electron chi connectivity index (χ3n) is 1.41. The molecule has 3 heteroatoms. The lowest BCUT2D eigenvalue weighted by molar-refractivity contribution is -0.116. The molecule has 0 rings (SSSR count). The average molecular weight is 160 g/mol. The first-order valence-corrected chi connectivity index (χ1v) is 3.87. The Morgan fingerprint density at radius 3 is 2.18 bits per heavy atom. The smallest absolute Gasteiger partial charge is 0.148 e. The molecule has 0 aliphatic carbocycles. The van der Waals surface area contributed by atoms with Crippen molar-refractivity contribution < 1.29 is 15.0 Å². The predicted octanol–water partition coefficient (Wildman–Crippen LogP) is 0.343. The van der Waals surface area contributed by atoms with Crippen LogP contribution in [0, 0.1) is 5.92 Å². The van der Waals surface area contributed by atoms with E-state index in [1.807, 2.05) is 13.8 Å². The second-order valence-corrected chi connectivity index (χ2v) is 3.22.